The molecule has 0 radical (unpaired) electrons. The first-order valence-corrected chi connectivity index (χ1v) is 8.10. The molecule has 5 nitrogen and oxygen atoms in total. The Morgan fingerprint density at radius 1 is 1.36 bits per heavy atom. The van der Waals surface area contributed by atoms with E-state index in [9.17, 15) is 0 Å². The minimum absolute atomic E-state index is 0.511. The molecule has 22 heavy (non-hydrogen) atoms. The summed E-state index contributed by atoms with van der Waals surface area (Å²) in [4.78, 5) is 6.61. The average Bonchev–Trinajstić information content (AvgIpc) is 2.51. The van der Waals surface area contributed by atoms with E-state index in [1.807, 2.05) is 6.92 Å². The second kappa shape index (κ2) is 10.9. The highest BCUT2D eigenvalue weighted by molar-refractivity contribution is 5.77. The van der Waals surface area contributed by atoms with E-state index >= 15 is 0 Å². The highest BCUT2D eigenvalue weighted by Crippen LogP contribution is 2.14. The van der Waals surface area contributed by atoms with Crippen LogP contribution in [-0.2, 0) is 4.74 Å². The Hall–Kier alpha value is -1.75. The number of rotatable bonds is 10. The molecule has 1 aromatic carbocycles. The van der Waals surface area contributed by atoms with Gasteiger partial charge in [0.25, 0.3) is 0 Å². The topological polar surface area (TPSA) is 62.9 Å². The van der Waals surface area contributed by atoms with Crippen LogP contribution in [0.5, 0.6) is 0 Å². The van der Waals surface area contributed by atoms with Crippen molar-refractivity contribution >= 4 is 11.6 Å². The Kier molecular flexibility index (Phi) is 9.07. The molecule has 0 heterocycles. The van der Waals surface area contributed by atoms with Crippen LogP contribution in [0.1, 0.15) is 25.8 Å². The number of likely N-dealkylation sites (N-methyl/N-ethyl adjacent to an activating group) is 1. The Bertz CT molecular complexity index is 448. The molecule has 0 aliphatic rings. The molecule has 5 heteroatoms. The summed E-state index contributed by atoms with van der Waals surface area (Å²) in [5.74, 6) is 0.511. The third kappa shape index (κ3) is 7.31. The van der Waals surface area contributed by atoms with E-state index in [2.05, 4.69) is 53.3 Å². The molecule has 1 rings (SSSR count). The lowest BCUT2D eigenvalue weighted by Gasteiger charge is -2.23. The fourth-order valence-electron chi connectivity index (χ4n) is 2.18. The lowest BCUT2D eigenvalue weighted by atomic mass is 10.2. The minimum atomic E-state index is 0.511. The maximum Gasteiger partial charge on any atom is 0.188 e. The summed E-state index contributed by atoms with van der Waals surface area (Å²) in [6, 6.07) is 8.55. The molecule has 0 unspecified atom stereocenters. The zero-order chi connectivity index (χ0) is 16.2. The van der Waals surface area contributed by atoms with Gasteiger partial charge in [-0.15, -0.1) is 0 Å². The van der Waals surface area contributed by atoms with Crippen molar-refractivity contribution in [2.75, 3.05) is 44.3 Å². The van der Waals surface area contributed by atoms with Crippen LogP contribution in [0.4, 0.5) is 5.69 Å². The number of anilines is 1. The molecule has 0 saturated carbocycles. The van der Waals surface area contributed by atoms with Crippen molar-refractivity contribution in [1.82, 2.24) is 5.32 Å². The van der Waals surface area contributed by atoms with Crippen molar-refractivity contribution < 1.29 is 4.74 Å². The molecule has 0 aliphatic heterocycles. The van der Waals surface area contributed by atoms with Gasteiger partial charge in [-0.3, -0.25) is 4.99 Å². The smallest absolute Gasteiger partial charge is 0.188 e. The van der Waals surface area contributed by atoms with E-state index in [0.29, 0.717) is 12.5 Å². The highest BCUT2D eigenvalue weighted by atomic mass is 16.5. The van der Waals surface area contributed by atoms with Gasteiger partial charge in [-0.2, -0.15) is 0 Å². The third-order valence-corrected chi connectivity index (χ3v) is 3.37. The van der Waals surface area contributed by atoms with Gasteiger partial charge >= 0.3 is 0 Å². The monoisotopic (exact) mass is 306 g/mol. The van der Waals surface area contributed by atoms with Gasteiger partial charge in [0.1, 0.15) is 0 Å². The number of hydrogen-bond donors (Lipinski definition) is 2. The third-order valence-electron chi connectivity index (χ3n) is 3.37. The summed E-state index contributed by atoms with van der Waals surface area (Å²) < 4.78 is 5.26. The van der Waals surface area contributed by atoms with Crippen molar-refractivity contribution in [2.24, 2.45) is 10.7 Å². The molecule has 124 valence electrons. The molecular formula is C17H30N4O. The summed E-state index contributed by atoms with van der Waals surface area (Å²) in [5, 5.41) is 3.17. The Morgan fingerprint density at radius 2 is 2.18 bits per heavy atom. The van der Waals surface area contributed by atoms with Crippen molar-refractivity contribution in [2.45, 2.75) is 27.2 Å². The maximum absolute atomic E-state index is 5.86. The first kappa shape index (κ1) is 18.3. The van der Waals surface area contributed by atoms with E-state index in [4.69, 9.17) is 10.5 Å². The van der Waals surface area contributed by atoms with Gasteiger partial charge in [0.15, 0.2) is 5.96 Å². The number of guanidine groups is 1. The number of nitrogens with one attached hydrogen (secondary N) is 1. The van der Waals surface area contributed by atoms with Gasteiger partial charge in [-0.1, -0.05) is 12.1 Å². The highest BCUT2D eigenvalue weighted by Gasteiger charge is 2.04. The van der Waals surface area contributed by atoms with Crippen LogP contribution >= 0.6 is 0 Å². The quantitative estimate of drug-likeness (QED) is 0.395. The molecule has 0 bridgehead atoms. The second-order valence-corrected chi connectivity index (χ2v) is 5.16. The molecule has 1 aromatic rings. The standard InChI is InChI=1S/C17H30N4O/c1-4-21(16-9-6-8-15(3)14-16)12-11-20-17(18)19-10-7-13-22-5-2/h6,8-9,14H,4-5,7,10-13H2,1-3H3,(H3,18,19,20). The second-order valence-electron chi connectivity index (χ2n) is 5.16. The van der Waals surface area contributed by atoms with Gasteiger partial charge in [-0.25, -0.2) is 0 Å². The Balaban J connectivity index is 2.30. The summed E-state index contributed by atoms with van der Waals surface area (Å²) in [7, 11) is 0. The lowest BCUT2D eigenvalue weighted by Crippen LogP contribution is -2.38. The van der Waals surface area contributed by atoms with Gasteiger partial charge in [0.05, 0.1) is 0 Å². The molecule has 3 N–H and O–H groups in total. The van der Waals surface area contributed by atoms with Crippen LogP contribution in [-0.4, -0.2) is 45.4 Å². The van der Waals surface area contributed by atoms with E-state index in [-0.39, 0.29) is 0 Å². The number of ether oxygens (including phenoxy) is 1. The van der Waals surface area contributed by atoms with Gasteiger partial charge in [0.2, 0.25) is 0 Å². The number of benzene rings is 1. The summed E-state index contributed by atoms with van der Waals surface area (Å²) in [5.41, 5.74) is 8.38. The Labute approximate surface area is 134 Å². The molecule has 0 spiro atoms. The first-order chi connectivity index (χ1) is 10.7. The van der Waals surface area contributed by atoms with E-state index in [1.54, 1.807) is 0 Å². The largest absolute Gasteiger partial charge is 0.382 e. The maximum atomic E-state index is 5.86. The minimum Gasteiger partial charge on any atom is -0.382 e. The van der Waals surface area contributed by atoms with Crippen LogP contribution in [0.2, 0.25) is 0 Å². The molecular weight excluding hydrogens is 276 g/mol. The predicted octanol–water partition coefficient (Wildman–Crippen LogP) is 2.15. The summed E-state index contributed by atoms with van der Waals surface area (Å²) >= 11 is 0. The lowest BCUT2D eigenvalue weighted by molar-refractivity contribution is 0.146. The molecule has 0 fully saturated rings. The molecule has 0 saturated heterocycles. The first-order valence-electron chi connectivity index (χ1n) is 8.10. The van der Waals surface area contributed by atoms with Crippen molar-refractivity contribution in [1.29, 1.82) is 0 Å². The van der Waals surface area contributed by atoms with Gasteiger partial charge < -0.3 is 20.7 Å². The number of nitrogens with two attached hydrogens (primary N) is 1. The molecule has 0 aliphatic carbocycles. The fourth-order valence-corrected chi connectivity index (χ4v) is 2.18. The van der Waals surface area contributed by atoms with Crippen LogP contribution in [0.15, 0.2) is 29.3 Å². The normalized spacial score (nSPS) is 11.5. The average molecular weight is 306 g/mol. The number of nitrogens with zero attached hydrogens (tertiary/aromatic N) is 2. The summed E-state index contributed by atoms with van der Waals surface area (Å²) in [6.45, 7) is 11.1. The number of aliphatic imine (C=N–C) groups is 1. The van der Waals surface area contributed by atoms with Gasteiger partial charge in [-0.05, 0) is 44.9 Å². The predicted molar refractivity (Wildman–Crippen MR) is 94.7 cm³/mol. The fraction of sp³-hybridized carbons (Fsp3) is 0.588. The van der Waals surface area contributed by atoms with Gasteiger partial charge in [0, 0.05) is 45.1 Å². The molecule has 0 atom stereocenters. The van der Waals surface area contributed by atoms with E-state index in [0.717, 1.165) is 39.3 Å². The van der Waals surface area contributed by atoms with Crippen molar-refractivity contribution in [3.8, 4) is 0 Å². The van der Waals surface area contributed by atoms with E-state index < -0.39 is 0 Å². The van der Waals surface area contributed by atoms with Crippen LogP contribution in [0.3, 0.4) is 0 Å². The number of hydrogen-bond acceptors (Lipinski definition) is 3. The van der Waals surface area contributed by atoms with Crippen molar-refractivity contribution in [3.63, 3.8) is 0 Å². The van der Waals surface area contributed by atoms with Crippen molar-refractivity contribution in [3.05, 3.63) is 29.8 Å². The van der Waals surface area contributed by atoms with Crippen LogP contribution < -0.4 is 16.0 Å². The zero-order valence-corrected chi connectivity index (χ0v) is 14.1. The van der Waals surface area contributed by atoms with E-state index in [1.165, 1.54) is 11.3 Å². The Morgan fingerprint density at radius 3 is 2.86 bits per heavy atom. The summed E-state index contributed by atoms with van der Waals surface area (Å²) in [6.07, 6.45) is 0.903. The van der Waals surface area contributed by atoms with Crippen LogP contribution in [0, 0.1) is 6.92 Å². The zero-order valence-electron chi connectivity index (χ0n) is 14.1. The molecule has 0 amide bonds. The van der Waals surface area contributed by atoms with Crippen LogP contribution in [0.25, 0.3) is 0 Å². The SMILES string of the molecule is CCOCCCN=C(N)NCCN(CC)c1cccc(C)c1. The molecule has 0 aromatic heterocycles. The number of aryl methyl sites for hydroxylation is 1.